The van der Waals surface area contributed by atoms with E-state index in [1.807, 2.05) is 0 Å². The topological polar surface area (TPSA) is 72.8 Å². The van der Waals surface area contributed by atoms with Crippen molar-refractivity contribution in [3.8, 4) is 5.75 Å². The maximum absolute atomic E-state index is 12.6. The first-order valence-electron chi connectivity index (χ1n) is 9.86. The molecule has 0 aromatic heterocycles. The van der Waals surface area contributed by atoms with Crippen molar-refractivity contribution in [1.29, 1.82) is 0 Å². The predicted octanol–water partition coefficient (Wildman–Crippen LogP) is 3.66. The van der Waals surface area contributed by atoms with E-state index in [4.69, 9.17) is 9.47 Å². The Kier molecular flexibility index (Phi) is 4.53. The average Bonchev–Trinajstić information content (AvgIpc) is 2.57. The maximum Gasteiger partial charge on any atom is 0.306 e. The number of carbonyl (C=O) groups excluding carboxylic acids is 2. The monoisotopic (exact) mass is 372 g/mol. The van der Waals surface area contributed by atoms with Gasteiger partial charge < -0.3 is 14.6 Å². The normalized spacial score (nSPS) is 33.7. The van der Waals surface area contributed by atoms with Crippen molar-refractivity contribution >= 4 is 11.8 Å². The van der Waals surface area contributed by atoms with Crippen LogP contribution < -0.4 is 4.74 Å². The molecule has 4 bridgehead atoms. The maximum atomic E-state index is 12.6. The second-order valence-electron chi connectivity index (χ2n) is 9.11. The van der Waals surface area contributed by atoms with Crippen LogP contribution in [0.4, 0.5) is 0 Å². The summed E-state index contributed by atoms with van der Waals surface area (Å²) in [6.45, 7) is 1.60. The molecule has 0 amide bonds. The number of ketones is 1. The average molecular weight is 372 g/mol. The number of hydrogen-bond donors (Lipinski definition) is 1. The van der Waals surface area contributed by atoms with Gasteiger partial charge >= 0.3 is 5.97 Å². The van der Waals surface area contributed by atoms with E-state index in [1.54, 1.807) is 25.3 Å². The Hall–Kier alpha value is -1.88. The number of aliphatic hydroxyl groups is 1. The van der Waals surface area contributed by atoms with Gasteiger partial charge in [0.1, 0.15) is 12.4 Å². The molecule has 0 spiro atoms. The quantitative estimate of drug-likeness (QED) is 0.609. The van der Waals surface area contributed by atoms with Gasteiger partial charge in [0.2, 0.25) is 0 Å². The molecule has 4 atom stereocenters. The largest absolute Gasteiger partial charge is 0.496 e. The Labute approximate surface area is 160 Å². The molecule has 4 fully saturated rings. The van der Waals surface area contributed by atoms with Crippen LogP contribution in [0.2, 0.25) is 0 Å². The zero-order valence-electron chi connectivity index (χ0n) is 16.1. The summed E-state index contributed by atoms with van der Waals surface area (Å²) < 4.78 is 10.9. The number of benzene rings is 1. The number of ether oxygens (including phenoxy) is 2. The van der Waals surface area contributed by atoms with Crippen LogP contribution in [0.15, 0.2) is 18.2 Å². The smallest absolute Gasteiger partial charge is 0.306 e. The predicted molar refractivity (Wildman–Crippen MR) is 99.5 cm³/mol. The Morgan fingerprint density at radius 1 is 1.19 bits per heavy atom. The second-order valence-corrected chi connectivity index (χ2v) is 9.11. The van der Waals surface area contributed by atoms with Gasteiger partial charge in [-0.25, -0.2) is 0 Å². The van der Waals surface area contributed by atoms with Gasteiger partial charge in [0.05, 0.1) is 19.1 Å². The fourth-order valence-electron chi connectivity index (χ4n) is 6.23. The number of Topliss-reactive ketones (excluding diaryl/α,β-unsaturated/α-hetero) is 1. The molecule has 1 N–H and O–H groups in total. The number of hydrogen-bond acceptors (Lipinski definition) is 5. The first-order chi connectivity index (χ1) is 12.8. The molecule has 0 aliphatic heterocycles. The van der Waals surface area contributed by atoms with Gasteiger partial charge in [-0.1, -0.05) is 0 Å². The zero-order valence-corrected chi connectivity index (χ0v) is 16.1. The summed E-state index contributed by atoms with van der Waals surface area (Å²) in [6.07, 6.45) is 6.16. The molecule has 1 aromatic carbocycles. The van der Waals surface area contributed by atoms with Crippen molar-refractivity contribution < 1.29 is 24.2 Å². The lowest BCUT2D eigenvalue weighted by Crippen LogP contribution is -2.56. The molecule has 0 heterocycles. The van der Waals surface area contributed by atoms with Crippen LogP contribution in [-0.2, 0) is 16.1 Å². The van der Waals surface area contributed by atoms with Crippen molar-refractivity contribution in [3.05, 3.63) is 29.3 Å². The summed E-state index contributed by atoms with van der Waals surface area (Å²) in [5, 5.41) is 10.8. The van der Waals surface area contributed by atoms with E-state index in [0.29, 0.717) is 35.1 Å². The summed E-state index contributed by atoms with van der Waals surface area (Å²) in [5.41, 5.74) is 0.609. The van der Waals surface area contributed by atoms with Crippen LogP contribution >= 0.6 is 0 Å². The van der Waals surface area contributed by atoms with E-state index in [9.17, 15) is 14.7 Å². The molecule has 27 heavy (non-hydrogen) atoms. The number of rotatable bonds is 6. The van der Waals surface area contributed by atoms with E-state index < -0.39 is 5.60 Å². The minimum atomic E-state index is -0.566. The summed E-state index contributed by atoms with van der Waals surface area (Å²) >= 11 is 0. The highest BCUT2D eigenvalue weighted by atomic mass is 16.5. The van der Waals surface area contributed by atoms with Gasteiger partial charge in [0.25, 0.3) is 0 Å². The van der Waals surface area contributed by atoms with Crippen molar-refractivity contribution in [2.24, 2.45) is 17.3 Å². The fourth-order valence-corrected chi connectivity index (χ4v) is 6.23. The Bertz CT molecular complexity index is 754. The van der Waals surface area contributed by atoms with Crippen LogP contribution in [0.5, 0.6) is 5.75 Å². The molecule has 5 rings (SSSR count). The summed E-state index contributed by atoms with van der Waals surface area (Å²) in [4.78, 5) is 24.2. The van der Waals surface area contributed by atoms with Gasteiger partial charge in [-0.2, -0.15) is 0 Å². The molecule has 0 radical (unpaired) electrons. The lowest BCUT2D eigenvalue weighted by Gasteiger charge is -2.60. The highest BCUT2D eigenvalue weighted by Gasteiger charge is 2.57. The van der Waals surface area contributed by atoms with Gasteiger partial charge in [-0.05, 0) is 80.9 Å². The van der Waals surface area contributed by atoms with Crippen molar-refractivity contribution in [2.75, 3.05) is 7.11 Å². The third-order valence-corrected chi connectivity index (χ3v) is 6.75. The third-order valence-electron chi connectivity index (χ3n) is 6.75. The van der Waals surface area contributed by atoms with Gasteiger partial charge in [-0.3, -0.25) is 9.59 Å². The van der Waals surface area contributed by atoms with Crippen LogP contribution in [-0.4, -0.2) is 29.6 Å². The molecule has 5 heteroatoms. The molecule has 1 aromatic rings. The van der Waals surface area contributed by atoms with Gasteiger partial charge in [0.15, 0.2) is 5.78 Å². The molecule has 2 unspecified atom stereocenters. The highest BCUT2D eigenvalue weighted by Crippen LogP contribution is 2.62. The highest BCUT2D eigenvalue weighted by molar-refractivity contribution is 5.94. The molecular formula is C22H28O5. The Morgan fingerprint density at radius 2 is 1.89 bits per heavy atom. The summed E-state index contributed by atoms with van der Waals surface area (Å²) in [6, 6.07) is 5.17. The van der Waals surface area contributed by atoms with E-state index in [1.165, 1.54) is 13.3 Å². The second kappa shape index (κ2) is 6.62. The summed E-state index contributed by atoms with van der Waals surface area (Å²) in [5.74, 6) is 1.45. The number of esters is 1. The first kappa shape index (κ1) is 18.5. The van der Waals surface area contributed by atoms with E-state index in [2.05, 4.69) is 0 Å². The third kappa shape index (κ3) is 3.62. The van der Waals surface area contributed by atoms with Crippen molar-refractivity contribution in [1.82, 2.24) is 0 Å². The van der Waals surface area contributed by atoms with E-state index >= 15 is 0 Å². The van der Waals surface area contributed by atoms with E-state index in [0.717, 1.165) is 32.1 Å². The molecule has 146 valence electrons. The molecular weight excluding hydrogens is 344 g/mol. The minimum Gasteiger partial charge on any atom is -0.496 e. The Morgan fingerprint density at radius 3 is 2.48 bits per heavy atom. The summed E-state index contributed by atoms with van der Waals surface area (Å²) in [7, 11) is 1.56. The zero-order chi connectivity index (χ0) is 19.2. The molecule has 5 nitrogen and oxygen atoms in total. The lowest BCUT2D eigenvalue weighted by atomic mass is 9.47. The SMILES string of the molecule is COc1ccc(C(C)=O)cc1COC(=O)CC12C[C@@H]3C[C@@H](CC(O)(C3)C1)C2. The van der Waals surface area contributed by atoms with Crippen LogP contribution in [0.3, 0.4) is 0 Å². The molecule has 4 saturated carbocycles. The molecule has 4 aliphatic carbocycles. The van der Waals surface area contributed by atoms with Gasteiger partial charge in [0, 0.05) is 11.1 Å². The van der Waals surface area contributed by atoms with Crippen LogP contribution in [0.25, 0.3) is 0 Å². The minimum absolute atomic E-state index is 0.0351. The standard InChI is InChI=1S/C22H28O5/c1-14(23)17-3-4-19(26-2)18(6-17)12-27-20(24)11-21-7-15-5-16(8-21)10-22(25,9-15)13-21/h3-4,6,15-16,25H,5,7-13H2,1-2H3/t15-,16+,21?,22?. The van der Waals surface area contributed by atoms with Crippen molar-refractivity contribution in [3.63, 3.8) is 0 Å². The van der Waals surface area contributed by atoms with E-state index in [-0.39, 0.29) is 23.8 Å². The lowest BCUT2D eigenvalue weighted by molar-refractivity contribution is -0.177. The number of carbonyl (C=O) groups is 2. The van der Waals surface area contributed by atoms with Crippen LogP contribution in [0, 0.1) is 17.3 Å². The van der Waals surface area contributed by atoms with Crippen molar-refractivity contribution in [2.45, 2.75) is 64.1 Å². The number of methoxy groups -OCH3 is 1. The fraction of sp³-hybridized carbons (Fsp3) is 0.636. The first-order valence-corrected chi connectivity index (χ1v) is 9.86. The van der Waals surface area contributed by atoms with Gasteiger partial charge in [-0.15, -0.1) is 0 Å². The molecule has 0 saturated heterocycles. The van der Waals surface area contributed by atoms with Crippen LogP contribution in [0.1, 0.15) is 67.8 Å². The molecule has 4 aliphatic rings. The Balaban J connectivity index is 1.42.